The summed E-state index contributed by atoms with van der Waals surface area (Å²) >= 11 is 0. The van der Waals surface area contributed by atoms with Crippen LogP contribution in [0.3, 0.4) is 0 Å². The maximum absolute atomic E-state index is 12.2. The van der Waals surface area contributed by atoms with Gasteiger partial charge in [-0.3, -0.25) is 9.59 Å². The first-order chi connectivity index (χ1) is 10.5. The van der Waals surface area contributed by atoms with Gasteiger partial charge in [0, 0.05) is 13.0 Å². The predicted molar refractivity (Wildman–Crippen MR) is 81.7 cm³/mol. The molecular weight excluding hydrogens is 290 g/mol. The van der Waals surface area contributed by atoms with E-state index in [-0.39, 0.29) is 25.3 Å². The zero-order valence-electron chi connectivity index (χ0n) is 12.7. The molecule has 0 radical (unpaired) electrons. The minimum atomic E-state index is -1.13. The first-order valence-corrected chi connectivity index (χ1v) is 7.39. The van der Waals surface area contributed by atoms with Crippen molar-refractivity contribution in [1.82, 2.24) is 10.6 Å². The Kier molecular flexibility index (Phi) is 11.0. The van der Waals surface area contributed by atoms with E-state index in [9.17, 15) is 14.4 Å². The summed E-state index contributed by atoms with van der Waals surface area (Å²) in [6.07, 6.45) is 1.67. The molecule has 0 saturated heterocycles. The molecule has 0 aromatic rings. The largest absolute Gasteiger partial charge is 0.480 e. The molecule has 0 fully saturated rings. The van der Waals surface area contributed by atoms with Gasteiger partial charge in [-0.05, 0) is 38.8 Å². The van der Waals surface area contributed by atoms with E-state index >= 15 is 0 Å². The lowest BCUT2D eigenvalue weighted by molar-refractivity contribution is -0.142. The number of carboxylic acids is 1. The summed E-state index contributed by atoms with van der Waals surface area (Å²) in [5.41, 5.74) is 16.0. The third-order valence-electron chi connectivity index (χ3n) is 3.03. The fourth-order valence-corrected chi connectivity index (χ4v) is 1.84. The SMILES string of the molecule is NCCC[C@H](NC(=O)[C@H](CCCN)NC(=O)CCN)C(=O)O. The van der Waals surface area contributed by atoms with Crippen molar-refractivity contribution >= 4 is 17.8 Å². The molecule has 0 aliphatic heterocycles. The van der Waals surface area contributed by atoms with Crippen LogP contribution in [0.25, 0.3) is 0 Å². The summed E-state index contributed by atoms with van der Waals surface area (Å²) in [6.45, 7) is 0.876. The maximum Gasteiger partial charge on any atom is 0.326 e. The van der Waals surface area contributed by atoms with Crippen LogP contribution in [0.15, 0.2) is 0 Å². The number of aliphatic carboxylic acids is 1. The molecule has 0 aromatic carbocycles. The van der Waals surface area contributed by atoms with Crippen LogP contribution in [0.5, 0.6) is 0 Å². The fraction of sp³-hybridized carbons (Fsp3) is 0.769. The molecule has 0 saturated carbocycles. The van der Waals surface area contributed by atoms with E-state index in [1.165, 1.54) is 0 Å². The number of carbonyl (C=O) groups excluding carboxylic acids is 2. The Labute approximate surface area is 130 Å². The molecule has 0 bridgehead atoms. The smallest absolute Gasteiger partial charge is 0.326 e. The van der Waals surface area contributed by atoms with E-state index < -0.39 is 24.0 Å². The van der Waals surface area contributed by atoms with Gasteiger partial charge in [-0.15, -0.1) is 0 Å². The van der Waals surface area contributed by atoms with Crippen molar-refractivity contribution in [3.8, 4) is 0 Å². The second-order valence-corrected chi connectivity index (χ2v) is 4.92. The molecule has 2 atom stereocenters. The van der Waals surface area contributed by atoms with Crippen LogP contribution in [-0.4, -0.2) is 54.6 Å². The number of carbonyl (C=O) groups is 3. The van der Waals surface area contributed by atoms with E-state index in [0.717, 1.165) is 0 Å². The summed E-state index contributed by atoms with van der Waals surface area (Å²) < 4.78 is 0. The van der Waals surface area contributed by atoms with Crippen LogP contribution >= 0.6 is 0 Å². The van der Waals surface area contributed by atoms with Gasteiger partial charge >= 0.3 is 5.97 Å². The summed E-state index contributed by atoms with van der Waals surface area (Å²) in [6, 6.07) is -1.84. The third-order valence-corrected chi connectivity index (χ3v) is 3.03. The third kappa shape index (κ3) is 8.55. The number of amides is 2. The summed E-state index contributed by atoms with van der Waals surface area (Å²) in [5, 5.41) is 14.1. The Morgan fingerprint density at radius 2 is 1.41 bits per heavy atom. The van der Waals surface area contributed by atoms with E-state index in [0.29, 0.717) is 32.4 Å². The van der Waals surface area contributed by atoms with Gasteiger partial charge in [0.2, 0.25) is 11.8 Å². The molecule has 0 unspecified atom stereocenters. The summed E-state index contributed by atoms with van der Waals surface area (Å²) in [7, 11) is 0. The van der Waals surface area contributed by atoms with Crippen LogP contribution < -0.4 is 27.8 Å². The Hall–Kier alpha value is -1.71. The Morgan fingerprint density at radius 3 is 1.86 bits per heavy atom. The highest BCUT2D eigenvalue weighted by molar-refractivity contribution is 5.90. The second kappa shape index (κ2) is 11.9. The molecule has 0 aliphatic rings. The highest BCUT2D eigenvalue weighted by atomic mass is 16.4. The highest BCUT2D eigenvalue weighted by Gasteiger charge is 2.25. The molecule has 0 heterocycles. The Morgan fingerprint density at radius 1 is 0.864 bits per heavy atom. The molecule has 128 valence electrons. The highest BCUT2D eigenvalue weighted by Crippen LogP contribution is 2.02. The van der Waals surface area contributed by atoms with Crippen molar-refractivity contribution in [3.05, 3.63) is 0 Å². The van der Waals surface area contributed by atoms with Gasteiger partial charge in [-0.1, -0.05) is 0 Å². The van der Waals surface area contributed by atoms with Crippen molar-refractivity contribution in [3.63, 3.8) is 0 Å². The summed E-state index contributed by atoms with van der Waals surface area (Å²) in [5.74, 6) is -2.02. The van der Waals surface area contributed by atoms with Gasteiger partial charge in [0.05, 0.1) is 0 Å². The van der Waals surface area contributed by atoms with Crippen molar-refractivity contribution < 1.29 is 19.5 Å². The van der Waals surface area contributed by atoms with E-state index in [1.807, 2.05) is 0 Å². The van der Waals surface area contributed by atoms with Crippen LogP contribution in [0.2, 0.25) is 0 Å². The van der Waals surface area contributed by atoms with Gasteiger partial charge in [-0.25, -0.2) is 4.79 Å². The van der Waals surface area contributed by atoms with Crippen molar-refractivity contribution in [2.24, 2.45) is 17.2 Å². The molecule has 0 spiro atoms. The lowest BCUT2D eigenvalue weighted by atomic mass is 10.1. The molecule has 0 aliphatic carbocycles. The molecule has 0 aromatic heterocycles. The monoisotopic (exact) mass is 317 g/mol. The average molecular weight is 317 g/mol. The zero-order chi connectivity index (χ0) is 17.0. The van der Waals surface area contributed by atoms with Gasteiger partial charge in [-0.2, -0.15) is 0 Å². The maximum atomic E-state index is 12.2. The first-order valence-electron chi connectivity index (χ1n) is 7.39. The number of nitrogens with two attached hydrogens (primary N) is 3. The van der Waals surface area contributed by atoms with Gasteiger partial charge < -0.3 is 32.9 Å². The lowest BCUT2D eigenvalue weighted by Gasteiger charge is -2.21. The predicted octanol–water partition coefficient (Wildman–Crippen LogP) is -2.13. The molecule has 22 heavy (non-hydrogen) atoms. The van der Waals surface area contributed by atoms with Crippen molar-refractivity contribution in [2.75, 3.05) is 19.6 Å². The molecule has 9 heteroatoms. The van der Waals surface area contributed by atoms with E-state index in [4.69, 9.17) is 22.3 Å². The van der Waals surface area contributed by atoms with Gasteiger partial charge in [0.25, 0.3) is 0 Å². The van der Waals surface area contributed by atoms with Crippen molar-refractivity contribution in [1.29, 1.82) is 0 Å². The molecule has 9 nitrogen and oxygen atoms in total. The number of hydrogen-bond donors (Lipinski definition) is 6. The molecular formula is C13H27N5O4. The Bertz CT molecular complexity index is 364. The lowest BCUT2D eigenvalue weighted by Crippen LogP contribution is -2.52. The molecule has 0 rings (SSSR count). The zero-order valence-corrected chi connectivity index (χ0v) is 12.7. The second-order valence-electron chi connectivity index (χ2n) is 4.92. The topological polar surface area (TPSA) is 174 Å². The minimum absolute atomic E-state index is 0.0991. The Balaban J connectivity index is 4.69. The summed E-state index contributed by atoms with van der Waals surface area (Å²) in [4.78, 5) is 34.9. The fourth-order valence-electron chi connectivity index (χ4n) is 1.84. The average Bonchev–Trinajstić information content (AvgIpc) is 2.47. The van der Waals surface area contributed by atoms with Gasteiger partial charge in [0.1, 0.15) is 12.1 Å². The van der Waals surface area contributed by atoms with Crippen molar-refractivity contribution in [2.45, 2.75) is 44.2 Å². The minimum Gasteiger partial charge on any atom is -0.480 e. The quantitative estimate of drug-likeness (QED) is 0.238. The molecule has 2 amide bonds. The molecule has 9 N–H and O–H groups in total. The van der Waals surface area contributed by atoms with Crippen LogP contribution in [0.4, 0.5) is 0 Å². The van der Waals surface area contributed by atoms with E-state index in [1.54, 1.807) is 0 Å². The standard InChI is InChI=1S/C13H27N5O4/c14-6-1-3-9(17-11(19)5-8-16)12(20)18-10(13(21)22)4-2-7-15/h9-10H,1-8,14-16H2,(H,17,19)(H,18,20)(H,21,22)/t9-,10-/m0/s1. The number of hydrogen-bond acceptors (Lipinski definition) is 6. The van der Waals surface area contributed by atoms with Crippen LogP contribution in [-0.2, 0) is 14.4 Å². The van der Waals surface area contributed by atoms with Gasteiger partial charge in [0.15, 0.2) is 0 Å². The first kappa shape index (κ1) is 20.3. The number of carboxylic acid groups (broad SMARTS) is 1. The van der Waals surface area contributed by atoms with Crippen LogP contribution in [0, 0.1) is 0 Å². The normalized spacial score (nSPS) is 13.2. The number of rotatable bonds is 12. The van der Waals surface area contributed by atoms with E-state index in [2.05, 4.69) is 10.6 Å². The van der Waals surface area contributed by atoms with Crippen LogP contribution in [0.1, 0.15) is 32.1 Å². The number of nitrogens with one attached hydrogen (secondary N) is 2.